The molecule has 1 rings (SSSR count). The lowest BCUT2D eigenvalue weighted by molar-refractivity contribution is 0.738. The van der Waals surface area contributed by atoms with Crippen LogP contribution in [0.15, 0.2) is 12.1 Å². The van der Waals surface area contributed by atoms with Crippen LogP contribution in [0.3, 0.4) is 0 Å². The maximum atomic E-state index is 3.48. The predicted molar refractivity (Wildman–Crippen MR) is 67.7 cm³/mol. The van der Waals surface area contributed by atoms with E-state index in [0.29, 0.717) is 0 Å². The van der Waals surface area contributed by atoms with Crippen molar-refractivity contribution in [2.24, 2.45) is 0 Å². The van der Waals surface area contributed by atoms with Crippen molar-refractivity contribution in [2.75, 3.05) is 25.0 Å². The minimum absolute atomic E-state index is 0.985. The fraction of sp³-hybridized carbons (Fsp3) is 0.538. The van der Waals surface area contributed by atoms with Gasteiger partial charge >= 0.3 is 0 Å². The number of aryl methyl sites for hydroxylation is 3. The molecule has 1 aromatic carbocycles. The third-order valence-electron chi connectivity index (χ3n) is 2.53. The van der Waals surface area contributed by atoms with Gasteiger partial charge in [-0.15, -0.1) is 0 Å². The smallest absolute Gasteiger partial charge is 0.0400 e. The van der Waals surface area contributed by atoms with Gasteiger partial charge in [0, 0.05) is 18.8 Å². The van der Waals surface area contributed by atoms with Crippen molar-refractivity contribution in [2.45, 2.75) is 27.7 Å². The van der Waals surface area contributed by atoms with Gasteiger partial charge in [0.05, 0.1) is 0 Å². The van der Waals surface area contributed by atoms with Gasteiger partial charge in [-0.05, 0) is 38.4 Å². The molecule has 0 aliphatic heterocycles. The Kier molecular flexibility index (Phi) is 4.63. The molecular weight excluding hydrogens is 184 g/mol. The molecule has 0 aliphatic rings. The van der Waals surface area contributed by atoms with Gasteiger partial charge < -0.3 is 10.6 Å². The van der Waals surface area contributed by atoms with Crippen molar-refractivity contribution in [3.05, 3.63) is 28.8 Å². The molecule has 0 saturated heterocycles. The van der Waals surface area contributed by atoms with Gasteiger partial charge in [0.2, 0.25) is 0 Å². The van der Waals surface area contributed by atoms with Crippen LogP contribution in [0.25, 0.3) is 0 Å². The molecule has 2 nitrogen and oxygen atoms in total. The molecule has 0 saturated carbocycles. The average molecular weight is 206 g/mol. The summed E-state index contributed by atoms with van der Waals surface area (Å²) in [6, 6.07) is 4.45. The van der Waals surface area contributed by atoms with Crippen LogP contribution in [0.2, 0.25) is 0 Å². The van der Waals surface area contributed by atoms with Gasteiger partial charge in [0.15, 0.2) is 0 Å². The summed E-state index contributed by atoms with van der Waals surface area (Å²) in [5.41, 5.74) is 5.30. The number of anilines is 1. The van der Waals surface area contributed by atoms with E-state index in [9.17, 15) is 0 Å². The summed E-state index contributed by atoms with van der Waals surface area (Å²) in [5, 5.41) is 6.79. The zero-order valence-corrected chi connectivity index (χ0v) is 10.3. The first kappa shape index (κ1) is 12.1. The Labute approximate surface area is 93.1 Å². The van der Waals surface area contributed by atoms with Gasteiger partial charge in [-0.1, -0.05) is 24.6 Å². The highest BCUT2D eigenvalue weighted by molar-refractivity contribution is 5.58. The molecule has 15 heavy (non-hydrogen) atoms. The molecule has 0 unspecified atom stereocenters. The van der Waals surface area contributed by atoms with Gasteiger partial charge in [-0.25, -0.2) is 0 Å². The number of rotatable bonds is 5. The molecule has 84 valence electrons. The van der Waals surface area contributed by atoms with Crippen LogP contribution in [-0.2, 0) is 0 Å². The molecule has 0 fully saturated rings. The molecule has 0 atom stereocenters. The van der Waals surface area contributed by atoms with E-state index in [1.165, 1.54) is 22.4 Å². The molecule has 1 aromatic rings. The zero-order valence-electron chi connectivity index (χ0n) is 10.3. The first-order valence-corrected chi connectivity index (χ1v) is 5.67. The highest BCUT2D eigenvalue weighted by atomic mass is 14.9. The third kappa shape index (κ3) is 3.56. The molecule has 0 spiro atoms. The maximum absolute atomic E-state index is 3.48. The summed E-state index contributed by atoms with van der Waals surface area (Å²) in [4.78, 5) is 0. The molecule has 0 aromatic heterocycles. The van der Waals surface area contributed by atoms with Crippen molar-refractivity contribution in [1.29, 1.82) is 0 Å². The van der Waals surface area contributed by atoms with Crippen LogP contribution in [-0.4, -0.2) is 19.6 Å². The Morgan fingerprint density at radius 1 is 1.00 bits per heavy atom. The van der Waals surface area contributed by atoms with E-state index in [1.54, 1.807) is 0 Å². The molecule has 0 heterocycles. The Balaban J connectivity index is 2.60. The highest BCUT2D eigenvalue weighted by Gasteiger charge is 2.02. The normalized spacial score (nSPS) is 10.4. The standard InChI is InChI=1S/C13H22N2/c1-5-14-6-7-15-13-11(3)8-10(2)9-12(13)4/h8-9,14-15H,5-7H2,1-4H3. The number of hydrogen-bond donors (Lipinski definition) is 2. The predicted octanol–water partition coefficient (Wildman–Crippen LogP) is 2.63. The summed E-state index contributed by atoms with van der Waals surface area (Å²) in [6.45, 7) is 11.6. The summed E-state index contributed by atoms with van der Waals surface area (Å²) >= 11 is 0. The SMILES string of the molecule is CCNCCNc1c(C)cc(C)cc1C. The molecule has 0 aliphatic carbocycles. The Bertz CT molecular complexity index is 295. The van der Waals surface area contributed by atoms with Crippen LogP contribution in [0, 0.1) is 20.8 Å². The fourth-order valence-corrected chi connectivity index (χ4v) is 1.91. The second kappa shape index (κ2) is 5.76. The van der Waals surface area contributed by atoms with Crippen LogP contribution in [0.5, 0.6) is 0 Å². The van der Waals surface area contributed by atoms with E-state index in [-0.39, 0.29) is 0 Å². The van der Waals surface area contributed by atoms with Crippen molar-refractivity contribution >= 4 is 5.69 Å². The van der Waals surface area contributed by atoms with Crippen LogP contribution in [0.1, 0.15) is 23.6 Å². The van der Waals surface area contributed by atoms with Crippen molar-refractivity contribution in [3.63, 3.8) is 0 Å². The Morgan fingerprint density at radius 3 is 2.13 bits per heavy atom. The van der Waals surface area contributed by atoms with Gasteiger partial charge in [0.1, 0.15) is 0 Å². The van der Waals surface area contributed by atoms with E-state index < -0.39 is 0 Å². The quantitative estimate of drug-likeness (QED) is 0.724. The second-order valence-electron chi connectivity index (χ2n) is 4.05. The number of hydrogen-bond acceptors (Lipinski definition) is 2. The van der Waals surface area contributed by atoms with E-state index in [2.05, 4.69) is 50.5 Å². The minimum atomic E-state index is 0.985. The topological polar surface area (TPSA) is 24.1 Å². The lowest BCUT2D eigenvalue weighted by atomic mass is 10.1. The van der Waals surface area contributed by atoms with Gasteiger partial charge in [-0.3, -0.25) is 0 Å². The molecule has 0 amide bonds. The Morgan fingerprint density at radius 2 is 1.60 bits per heavy atom. The minimum Gasteiger partial charge on any atom is -0.383 e. The number of nitrogens with one attached hydrogen (secondary N) is 2. The summed E-state index contributed by atoms with van der Waals surface area (Å²) in [7, 11) is 0. The van der Waals surface area contributed by atoms with Crippen LogP contribution < -0.4 is 10.6 Å². The van der Waals surface area contributed by atoms with Gasteiger partial charge in [0.25, 0.3) is 0 Å². The summed E-state index contributed by atoms with van der Waals surface area (Å²) in [6.07, 6.45) is 0. The van der Waals surface area contributed by atoms with Crippen molar-refractivity contribution in [3.8, 4) is 0 Å². The third-order valence-corrected chi connectivity index (χ3v) is 2.53. The molecule has 0 bridgehead atoms. The van der Waals surface area contributed by atoms with Crippen LogP contribution in [0.4, 0.5) is 5.69 Å². The van der Waals surface area contributed by atoms with E-state index in [0.717, 1.165) is 19.6 Å². The van der Waals surface area contributed by atoms with Crippen molar-refractivity contribution < 1.29 is 0 Å². The molecular formula is C13H22N2. The number of benzene rings is 1. The molecule has 0 radical (unpaired) electrons. The largest absolute Gasteiger partial charge is 0.383 e. The van der Waals surface area contributed by atoms with Gasteiger partial charge in [-0.2, -0.15) is 0 Å². The van der Waals surface area contributed by atoms with E-state index in [1.807, 2.05) is 0 Å². The lowest BCUT2D eigenvalue weighted by Gasteiger charge is -2.13. The summed E-state index contributed by atoms with van der Waals surface area (Å²) in [5.74, 6) is 0. The van der Waals surface area contributed by atoms with Crippen LogP contribution >= 0.6 is 0 Å². The van der Waals surface area contributed by atoms with E-state index in [4.69, 9.17) is 0 Å². The molecule has 2 N–H and O–H groups in total. The first-order valence-electron chi connectivity index (χ1n) is 5.67. The first-order chi connectivity index (χ1) is 7.15. The summed E-state index contributed by atoms with van der Waals surface area (Å²) < 4.78 is 0. The average Bonchev–Trinajstić information content (AvgIpc) is 2.15. The monoisotopic (exact) mass is 206 g/mol. The molecule has 2 heteroatoms. The second-order valence-corrected chi connectivity index (χ2v) is 4.05. The highest BCUT2D eigenvalue weighted by Crippen LogP contribution is 2.21. The number of likely N-dealkylation sites (N-methyl/N-ethyl adjacent to an activating group) is 1. The maximum Gasteiger partial charge on any atom is 0.0400 e. The Hall–Kier alpha value is -1.02. The zero-order chi connectivity index (χ0) is 11.3. The fourth-order valence-electron chi connectivity index (χ4n) is 1.91. The van der Waals surface area contributed by atoms with E-state index >= 15 is 0 Å². The lowest BCUT2D eigenvalue weighted by Crippen LogP contribution is -2.22. The van der Waals surface area contributed by atoms with Crippen molar-refractivity contribution in [1.82, 2.24) is 5.32 Å².